The van der Waals surface area contributed by atoms with E-state index >= 15 is 0 Å². The van der Waals surface area contributed by atoms with Crippen LogP contribution in [0.4, 0.5) is 0 Å². The molecule has 3 N–H and O–H groups in total. The van der Waals surface area contributed by atoms with Gasteiger partial charge in [0.2, 0.25) is 0 Å². The molecule has 1 fully saturated rings. The van der Waals surface area contributed by atoms with E-state index in [-0.39, 0.29) is 0 Å². The van der Waals surface area contributed by atoms with Gasteiger partial charge in [0.05, 0.1) is 6.61 Å². The van der Waals surface area contributed by atoms with Crippen LogP contribution in [-0.4, -0.2) is 44.0 Å². The fraction of sp³-hybridized carbons (Fsp3) is 0.556. The lowest BCUT2D eigenvalue weighted by molar-refractivity contribution is -0.0457. The third kappa shape index (κ3) is 2.14. The molecule has 0 amide bonds. The Labute approximate surface area is 100 Å². The third-order valence-electron chi connectivity index (χ3n) is 2.60. The monoisotopic (exact) mass is 262 g/mol. The van der Waals surface area contributed by atoms with Crippen molar-refractivity contribution in [3.05, 3.63) is 33.1 Å². The number of halogens is 1. The molecule has 0 aliphatic carbocycles. The number of aliphatic hydroxyl groups is 2. The van der Waals surface area contributed by atoms with Crippen molar-refractivity contribution in [2.45, 2.75) is 23.8 Å². The average molecular weight is 263 g/mol. The van der Waals surface area contributed by atoms with E-state index < -0.39 is 41.7 Å². The van der Waals surface area contributed by atoms with Gasteiger partial charge >= 0.3 is 5.69 Å². The second-order valence-electron chi connectivity index (χ2n) is 3.70. The Morgan fingerprint density at radius 3 is 2.76 bits per heavy atom. The van der Waals surface area contributed by atoms with E-state index in [1.807, 2.05) is 0 Å². The summed E-state index contributed by atoms with van der Waals surface area (Å²) in [6, 6.07) is 1.15. The molecule has 1 aromatic rings. The van der Waals surface area contributed by atoms with Crippen LogP contribution in [0.2, 0.25) is 0 Å². The average Bonchev–Trinajstić information content (AvgIpc) is 2.57. The second-order valence-corrected chi connectivity index (χ2v) is 4.20. The first-order valence-electron chi connectivity index (χ1n) is 4.94. The highest BCUT2D eigenvalue weighted by Crippen LogP contribution is 2.31. The maximum Gasteiger partial charge on any atom is 0.330 e. The summed E-state index contributed by atoms with van der Waals surface area (Å²) in [4.78, 5) is 24.4. The molecule has 2 heterocycles. The number of hydrogen-bond donors (Lipinski definition) is 3. The smallest absolute Gasteiger partial charge is 0.330 e. The van der Waals surface area contributed by atoms with Gasteiger partial charge in [-0.05, 0) is 0 Å². The van der Waals surface area contributed by atoms with Gasteiger partial charge in [-0.1, -0.05) is 0 Å². The Hall–Kier alpha value is -1.15. The van der Waals surface area contributed by atoms with Crippen molar-refractivity contribution in [3.8, 4) is 0 Å². The normalized spacial score (nSPS) is 32.9. The van der Waals surface area contributed by atoms with Crippen LogP contribution in [0.25, 0.3) is 0 Å². The Balaban J connectivity index is 2.35. The van der Waals surface area contributed by atoms with E-state index in [1.54, 1.807) is 0 Å². The minimum atomic E-state index is -1.08. The van der Waals surface area contributed by atoms with Gasteiger partial charge in [0.25, 0.3) is 5.56 Å². The summed E-state index contributed by atoms with van der Waals surface area (Å²) in [6.07, 6.45) is -1.62. The van der Waals surface area contributed by atoms with Crippen molar-refractivity contribution in [1.29, 1.82) is 0 Å². The molecule has 4 atom stereocenters. The number of nitrogens with zero attached hydrogens (tertiary/aromatic N) is 1. The fourth-order valence-corrected chi connectivity index (χ4v) is 2.05. The van der Waals surface area contributed by atoms with Gasteiger partial charge in [0, 0.05) is 12.3 Å². The van der Waals surface area contributed by atoms with Gasteiger partial charge < -0.3 is 14.9 Å². The number of nitrogens with one attached hydrogen (secondary N) is 1. The molecule has 1 aliphatic rings. The zero-order valence-electron chi connectivity index (χ0n) is 8.62. The van der Waals surface area contributed by atoms with Crippen molar-refractivity contribution < 1.29 is 14.9 Å². The van der Waals surface area contributed by atoms with Crippen molar-refractivity contribution in [1.82, 2.24) is 9.55 Å². The fourth-order valence-electron chi connectivity index (χ4n) is 1.71. The van der Waals surface area contributed by atoms with Crippen LogP contribution in [0.15, 0.2) is 21.9 Å². The number of aliphatic hydroxyl groups excluding tert-OH is 2. The lowest BCUT2D eigenvalue weighted by Crippen LogP contribution is -2.35. The molecular formula is C9H11ClN2O5. The molecule has 0 aromatic carbocycles. The summed E-state index contributed by atoms with van der Waals surface area (Å²) in [5, 5.41) is 17.7. The minimum absolute atomic E-state index is 0.404. The molecule has 94 valence electrons. The Morgan fingerprint density at radius 1 is 1.53 bits per heavy atom. The molecule has 1 saturated heterocycles. The van der Waals surface area contributed by atoms with E-state index in [2.05, 4.69) is 4.98 Å². The van der Waals surface area contributed by atoms with Gasteiger partial charge in [-0.15, -0.1) is 11.6 Å². The third-order valence-corrected chi connectivity index (χ3v) is 3.07. The van der Waals surface area contributed by atoms with Gasteiger partial charge in [-0.25, -0.2) is 4.79 Å². The van der Waals surface area contributed by atoms with Gasteiger partial charge in [-0.2, -0.15) is 0 Å². The molecular weight excluding hydrogens is 252 g/mol. The highest BCUT2D eigenvalue weighted by Gasteiger charge is 2.43. The number of H-pyrrole nitrogens is 1. The largest absolute Gasteiger partial charge is 0.394 e. The van der Waals surface area contributed by atoms with E-state index in [0.717, 1.165) is 10.6 Å². The Kier molecular flexibility index (Phi) is 3.34. The van der Waals surface area contributed by atoms with E-state index in [1.165, 1.54) is 6.20 Å². The molecule has 0 bridgehead atoms. The molecule has 0 spiro atoms. The van der Waals surface area contributed by atoms with Gasteiger partial charge in [-0.3, -0.25) is 14.3 Å². The van der Waals surface area contributed by atoms with E-state index in [9.17, 15) is 14.7 Å². The maximum absolute atomic E-state index is 11.5. The zero-order chi connectivity index (χ0) is 12.6. The van der Waals surface area contributed by atoms with Crippen LogP contribution in [-0.2, 0) is 4.74 Å². The molecule has 0 radical (unpaired) electrons. The highest BCUT2D eigenvalue weighted by atomic mass is 35.5. The quantitative estimate of drug-likeness (QED) is 0.557. The number of aromatic nitrogens is 2. The predicted molar refractivity (Wildman–Crippen MR) is 58.0 cm³/mol. The Bertz CT molecular complexity index is 513. The number of ether oxygens (including phenoxy) is 1. The van der Waals surface area contributed by atoms with Crippen LogP contribution in [0.5, 0.6) is 0 Å². The number of hydrogen-bond acceptors (Lipinski definition) is 5. The summed E-state index contributed by atoms with van der Waals surface area (Å²) in [7, 11) is 0. The lowest BCUT2D eigenvalue weighted by atomic mass is 10.2. The number of aromatic amines is 1. The van der Waals surface area contributed by atoms with E-state index in [0.29, 0.717) is 0 Å². The number of rotatable bonds is 2. The van der Waals surface area contributed by atoms with Crippen molar-refractivity contribution >= 4 is 11.6 Å². The molecule has 8 heteroatoms. The summed E-state index contributed by atoms with van der Waals surface area (Å²) < 4.78 is 6.32. The Morgan fingerprint density at radius 2 is 2.24 bits per heavy atom. The molecule has 2 rings (SSSR count). The highest BCUT2D eigenvalue weighted by molar-refractivity contribution is 6.21. The van der Waals surface area contributed by atoms with Crippen LogP contribution in [0, 0.1) is 0 Å². The van der Waals surface area contributed by atoms with Crippen molar-refractivity contribution in [3.63, 3.8) is 0 Å². The standard InChI is InChI=1S/C9H11ClN2O5/c10-6-7(15)4(3-13)17-8(6)12-2-1-5(14)11-9(12)16/h1-2,4,6-8,13,15H,3H2,(H,11,14,16)/t4-,6+,7?,8-/m1/s1. The van der Waals surface area contributed by atoms with Crippen LogP contribution in [0.1, 0.15) is 6.23 Å². The topological polar surface area (TPSA) is 105 Å². The first-order valence-corrected chi connectivity index (χ1v) is 5.38. The molecule has 1 unspecified atom stereocenters. The molecule has 17 heavy (non-hydrogen) atoms. The van der Waals surface area contributed by atoms with Crippen LogP contribution >= 0.6 is 11.6 Å². The summed E-state index contributed by atoms with van der Waals surface area (Å²) >= 11 is 5.91. The molecule has 0 saturated carbocycles. The second kappa shape index (κ2) is 4.61. The van der Waals surface area contributed by atoms with Gasteiger partial charge in [0.15, 0.2) is 6.23 Å². The van der Waals surface area contributed by atoms with E-state index in [4.69, 9.17) is 21.4 Å². The number of alkyl halides is 1. The lowest BCUT2D eigenvalue weighted by Gasteiger charge is -2.15. The maximum atomic E-state index is 11.5. The molecule has 1 aromatic heterocycles. The molecule has 7 nitrogen and oxygen atoms in total. The van der Waals surface area contributed by atoms with Crippen molar-refractivity contribution in [2.75, 3.05) is 6.61 Å². The summed E-state index contributed by atoms with van der Waals surface area (Å²) in [5.41, 5.74) is -1.21. The summed E-state index contributed by atoms with van der Waals surface area (Å²) in [5.74, 6) is 0. The summed E-state index contributed by atoms with van der Waals surface area (Å²) in [6.45, 7) is -0.404. The predicted octanol–water partition coefficient (Wildman–Crippen LogP) is -1.61. The first-order chi connectivity index (χ1) is 8.04. The first kappa shape index (κ1) is 12.3. The van der Waals surface area contributed by atoms with Crippen LogP contribution < -0.4 is 11.2 Å². The zero-order valence-corrected chi connectivity index (χ0v) is 9.37. The van der Waals surface area contributed by atoms with Gasteiger partial charge in [0.1, 0.15) is 17.6 Å². The molecule has 1 aliphatic heterocycles. The SMILES string of the molecule is O=c1ccn([C@@H]2O[C@H](CO)C(O)[C@@H]2Cl)c(=O)[nH]1. The van der Waals surface area contributed by atoms with Crippen molar-refractivity contribution in [2.24, 2.45) is 0 Å². The minimum Gasteiger partial charge on any atom is -0.394 e. The van der Waals surface area contributed by atoms with Crippen LogP contribution in [0.3, 0.4) is 0 Å².